The highest BCUT2D eigenvalue weighted by molar-refractivity contribution is 6.92. The fraction of sp³-hybridized carbons (Fsp3) is 0.667. The van der Waals surface area contributed by atoms with Gasteiger partial charge in [-0.3, -0.25) is 0 Å². The van der Waals surface area contributed by atoms with E-state index in [2.05, 4.69) is 78.0 Å². The molecular formula is C18H30OSi. The first-order valence-electron chi connectivity index (χ1n) is 7.72. The zero-order valence-corrected chi connectivity index (χ0v) is 15.1. The summed E-state index contributed by atoms with van der Waals surface area (Å²) in [5.41, 5.74) is 0.179. The van der Waals surface area contributed by atoms with Crippen LogP contribution in [-0.2, 0) is 0 Å². The van der Waals surface area contributed by atoms with Gasteiger partial charge in [0, 0.05) is 0 Å². The number of hydrogen-bond acceptors (Lipinski definition) is 1. The zero-order chi connectivity index (χ0) is 15.4. The topological polar surface area (TPSA) is 20.2 Å². The van der Waals surface area contributed by atoms with Gasteiger partial charge in [-0.25, -0.2) is 0 Å². The molecule has 112 valence electrons. The molecule has 0 heterocycles. The molecule has 2 atom stereocenters. The van der Waals surface area contributed by atoms with Crippen LogP contribution in [0.2, 0.25) is 13.1 Å². The standard InChI is InChI=1S/C18H30OSi/c1-16(2,3)18(19,15-13-17(15,4)5)20(6,7)14-11-9-8-10-12-14/h8-12,15,19H,13H2,1-7H3/t15-,18-/m0/s1. The van der Waals surface area contributed by atoms with E-state index in [0.29, 0.717) is 5.92 Å². The second-order valence-electron chi connectivity index (χ2n) is 8.75. The Bertz CT molecular complexity index is 484. The van der Waals surface area contributed by atoms with Gasteiger partial charge >= 0.3 is 0 Å². The van der Waals surface area contributed by atoms with Crippen molar-refractivity contribution in [2.45, 2.75) is 59.4 Å². The van der Waals surface area contributed by atoms with Crippen molar-refractivity contribution in [2.24, 2.45) is 16.7 Å². The van der Waals surface area contributed by atoms with Crippen LogP contribution < -0.4 is 5.19 Å². The monoisotopic (exact) mass is 290 g/mol. The lowest BCUT2D eigenvalue weighted by atomic mass is 9.83. The molecule has 1 aromatic rings. The summed E-state index contributed by atoms with van der Waals surface area (Å²) < 4.78 is 0. The Morgan fingerprint density at radius 1 is 1.10 bits per heavy atom. The Morgan fingerprint density at radius 3 is 1.90 bits per heavy atom. The molecule has 1 aromatic carbocycles. The van der Waals surface area contributed by atoms with E-state index in [4.69, 9.17) is 0 Å². The summed E-state index contributed by atoms with van der Waals surface area (Å²) >= 11 is 0. The first-order chi connectivity index (χ1) is 8.94. The van der Waals surface area contributed by atoms with Gasteiger partial charge in [-0.1, -0.05) is 83.2 Å². The third-order valence-corrected chi connectivity index (χ3v) is 10.4. The Labute approximate surface area is 125 Å². The van der Waals surface area contributed by atoms with Gasteiger partial charge in [-0.2, -0.15) is 0 Å². The van der Waals surface area contributed by atoms with E-state index in [1.807, 2.05) is 0 Å². The van der Waals surface area contributed by atoms with Crippen LogP contribution in [0, 0.1) is 16.7 Å². The molecule has 1 aliphatic rings. The maximum absolute atomic E-state index is 11.9. The van der Waals surface area contributed by atoms with E-state index in [-0.39, 0.29) is 10.8 Å². The smallest absolute Gasteiger partial charge is 0.118 e. The average molecular weight is 291 g/mol. The van der Waals surface area contributed by atoms with Crippen LogP contribution in [0.5, 0.6) is 0 Å². The summed E-state index contributed by atoms with van der Waals surface area (Å²) in [6.45, 7) is 15.9. The minimum atomic E-state index is -2.00. The number of benzene rings is 1. The van der Waals surface area contributed by atoms with Crippen LogP contribution in [0.4, 0.5) is 0 Å². The molecule has 0 aliphatic heterocycles. The molecule has 2 heteroatoms. The van der Waals surface area contributed by atoms with Gasteiger partial charge < -0.3 is 5.11 Å². The van der Waals surface area contributed by atoms with Crippen LogP contribution >= 0.6 is 0 Å². The minimum absolute atomic E-state index is 0.100. The van der Waals surface area contributed by atoms with Crippen molar-refractivity contribution in [3.05, 3.63) is 30.3 Å². The molecule has 0 bridgehead atoms. The van der Waals surface area contributed by atoms with Crippen LogP contribution in [0.15, 0.2) is 30.3 Å². The van der Waals surface area contributed by atoms with Gasteiger partial charge in [0.1, 0.15) is 8.07 Å². The van der Waals surface area contributed by atoms with E-state index in [1.165, 1.54) is 5.19 Å². The molecule has 0 saturated heterocycles. The Hall–Kier alpha value is -0.603. The van der Waals surface area contributed by atoms with Crippen molar-refractivity contribution in [3.63, 3.8) is 0 Å². The van der Waals surface area contributed by atoms with E-state index in [9.17, 15) is 5.11 Å². The third kappa shape index (κ3) is 2.17. The van der Waals surface area contributed by atoms with Crippen molar-refractivity contribution in [3.8, 4) is 0 Å². The van der Waals surface area contributed by atoms with Gasteiger partial charge in [0.05, 0.1) is 5.22 Å². The summed E-state index contributed by atoms with van der Waals surface area (Å²) in [6.07, 6.45) is 1.14. The molecule has 2 rings (SSSR count). The highest BCUT2D eigenvalue weighted by Crippen LogP contribution is 2.63. The molecule has 1 fully saturated rings. The third-order valence-electron chi connectivity index (χ3n) is 5.61. The first kappa shape index (κ1) is 15.8. The number of rotatable bonds is 3. The summed E-state index contributed by atoms with van der Waals surface area (Å²) in [6, 6.07) is 10.7. The highest BCUT2D eigenvalue weighted by Gasteiger charge is 2.67. The minimum Gasteiger partial charge on any atom is -0.392 e. The van der Waals surface area contributed by atoms with Gasteiger partial charge in [0.15, 0.2) is 0 Å². The molecule has 0 amide bonds. The van der Waals surface area contributed by atoms with Crippen LogP contribution in [-0.4, -0.2) is 18.4 Å². The predicted molar refractivity (Wildman–Crippen MR) is 89.9 cm³/mol. The summed E-state index contributed by atoms with van der Waals surface area (Å²) in [7, 11) is -2.00. The second kappa shape index (κ2) is 4.44. The number of aliphatic hydroxyl groups is 1. The van der Waals surface area contributed by atoms with Crippen molar-refractivity contribution in [2.75, 3.05) is 0 Å². The van der Waals surface area contributed by atoms with Gasteiger partial charge in [-0.05, 0) is 23.2 Å². The summed E-state index contributed by atoms with van der Waals surface area (Å²) in [5, 5.41) is 12.6. The Morgan fingerprint density at radius 2 is 1.55 bits per heavy atom. The Kier molecular flexibility index (Phi) is 3.51. The lowest BCUT2D eigenvalue weighted by Crippen LogP contribution is -2.69. The maximum Gasteiger partial charge on any atom is 0.118 e. The second-order valence-corrected chi connectivity index (χ2v) is 13.3. The highest BCUT2D eigenvalue weighted by atomic mass is 28.3. The summed E-state index contributed by atoms with van der Waals surface area (Å²) in [4.78, 5) is 0. The molecule has 0 aromatic heterocycles. The zero-order valence-electron chi connectivity index (χ0n) is 14.1. The quantitative estimate of drug-likeness (QED) is 0.835. The molecule has 1 nitrogen and oxygen atoms in total. The van der Waals surface area contributed by atoms with E-state index < -0.39 is 13.3 Å². The normalized spacial score (nSPS) is 25.1. The predicted octanol–water partition coefficient (Wildman–Crippen LogP) is 3.96. The fourth-order valence-electron chi connectivity index (χ4n) is 4.15. The van der Waals surface area contributed by atoms with Crippen LogP contribution in [0.1, 0.15) is 41.0 Å². The fourth-order valence-corrected chi connectivity index (χ4v) is 8.86. The van der Waals surface area contributed by atoms with E-state index >= 15 is 0 Å². The van der Waals surface area contributed by atoms with Gasteiger partial charge in [0.25, 0.3) is 0 Å². The van der Waals surface area contributed by atoms with E-state index in [1.54, 1.807) is 0 Å². The molecule has 1 N–H and O–H groups in total. The van der Waals surface area contributed by atoms with Crippen molar-refractivity contribution < 1.29 is 5.11 Å². The molecule has 1 aliphatic carbocycles. The van der Waals surface area contributed by atoms with Gasteiger partial charge in [0.2, 0.25) is 0 Å². The molecule has 0 radical (unpaired) electrons. The van der Waals surface area contributed by atoms with Crippen LogP contribution in [0.25, 0.3) is 0 Å². The molecule has 0 spiro atoms. The van der Waals surface area contributed by atoms with Crippen molar-refractivity contribution >= 4 is 13.3 Å². The van der Waals surface area contributed by atoms with Gasteiger partial charge in [-0.15, -0.1) is 0 Å². The maximum atomic E-state index is 11.9. The van der Waals surface area contributed by atoms with Crippen LogP contribution in [0.3, 0.4) is 0 Å². The molecular weight excluding hydrogens is 260 g/mol. The average Bonchev–Trinajstić information content (AvgIpc) is 2.97. The molecule has 0 unspecified atom stereocenters. The van der Waals surface area contributed by atoms with Crippen molar-refractivity contribution in [1.82, 2.24) is 0 Å². The lowest BCUT2D eigenvalue weighted by Gasteiger charge is -2.51. The number of hydrogen-bond donors (Lipinski definition) is 1. The van der Waals surface area contributed by atoms with Crippen molar-refractivity contribution in [1.29, 1.82) is 0 Å². The largest absolute Gasteiger partial charge is 0.392 e. The molecule has 20 heavy (non-hydrogen) atoms. The summed E-state index contributed by atoms with van der Waals surface area (Å²) in [5.74, 6) is 0.414. The SMILES string of the molecule is CC1(C)C[C@@H]1[C@@](O)(C(C)(C)C)[Si](C)(C)c1ccccc1. The van der Waals surface area contributed by atoms with E-state index in [0.717, 1.165) is 6.42 Å². The first-order valence-corrected chi connectivity index (χ1v) is 10.7. The molecule has 1 saturated carbocycles. The Balaban J connectivity index is 2.53. The lowest BCUT2D eigenvalue weighted by molar-refractivity contribution is -0.0192.